The minimum Gasteiger partial charge on any atom is -0.384 e. The second-order valence-corrected chi connectivity index (χ2v) is 5.82. The van der Waals surface area contributed by atoms with E-state index in [4.69, 9.17) is 5.73 Å². The Hall–Kier alpha value is -2.35. The van der Waals surface area contributed by atoms with Crippen molar-refractivity contribution < 1.29 is 14.4 Å². The number of carbonyl (C=O) groups excluding carboxylic acids is 3. The van der Waals surface area contributed by atoms with Crippen LogP contribution in [0.2, 0.25) is 0 Å². The Bertz CT molecular complexity index is 646. The SMILES string of the molecule is CC1(C2CC2)NC(=O)N(CC(=O)Nc2ccc(N)nc2)C1=O.Cl. The number of carbonyl (C=O) groups is 3. The van der Waals surface area contributed by atoms with Crippen LogP contribution in [0.5, 0.6) is 0 Å². The molecule has 8 nitrogen and oxygen atoms in total. The maximum atomic E-state index is 12.4. The Labute approximate surface area is 139 Å². The maximum Gasteiger partial charge on any atom is 0.325 e. The number of nitrogens with zero attached hydrogens (tertiary/aromatic N) is 2. The van der Waals surface area contributed by atoms with E-state index in [1.807, 2.05) is 0 Å². The molecule has 1 aromatic heterocycles. The molecule has 9 heteroatoms. The molecular formula is C14H18ClN5O3. The van der Waals surface area contributed by atoms with E-state index in [1.54, 1.807) is 19.1 Å². The van der Waals surface area contributed by atoms with E-state index >= 15 is 0 Å². The third-order valence-corrected chi connectivity index (χ3v) is 4.07. The largest absolute Gasteiger partial charge is 0.384 e. The highest BCUT2D eigenvalue weighted by atomic mass is 35.5. The third-order valence-electron chi connectivity index (χ3n) is 4.07. The normalized spacial score (nSPS) is 23.3. The van der Waals surface area contributed by atoms with Gasteiger partial charge in [-0.2, -0.15) is 0 Å². The molecule has 1 saturated heterocycles. The monoisotopic (exact) mass is 339 g/mol. The molecule has 0 bridgehead atoms. The zero-order valence-corrected chi connectivity index (χ0v) is 13.4. The fourth-order valence-electron chi connectivity index (χ4n) is 2.62. The summed E-state index contributed by atoms with van der Waals surface area (Å²) in [7, 11) is 0. The Balaban J connectivity index is 0.00000192. The number of amides is 4. The van der Waals surface area contributed by atoms with Crippen LogP contribution in [-0.4, -0.2) is 39.8 Å². The second kappa shape index (κ2) is 6.04. The number of hydrogen-bond acceptors (Lipinski definition) is 5. The van der Waals surface area contributed by atoms with Crippen LogP contribution in [-0.2, 0) is 9.59 Å². The highest BCUT2D eigenvalue weighted by molar-refractivity contribution is 6.10. The lowest BCUT2D eigenvalue weighted by molar-refractivity contribution is -0.134. The molecular weight excluding hydrogens is 322 g/mol. The highest BCUT2D eigenvalue weighted by Crippen LogP contribution is 2.42. The molecule has 2 fully saturated rings. The molecule has 1 unspecified atom stereocenters. The van der Waals surface area contributed by atoms with E-state index in [-0.39, 0.29) is 30.8 Å². The fourth-order valence-corrected chi connectivity index (χ4v) is 2.62. The average Bonchev–Trinajstić information content (AvgIpc) is 3.28. The lowest BCUT2D eigenvalue weighted by Crippen LogP contribution is -2.46. The first-order valence-corrected chi connectivity index (χ1v) is 7.05. The molecule has 4 N–H and O–H groups in total. The molecule has 23 heavy (non-hydrogen) atoms. The van der Waals surface area contributed by atoms with E-state index in [2.05, 4.69) is 15.6 Å². The van der Waals surface area contributed by atoms with Gasteiger partial charge in [0.15, 0.2) is 0 Å². The number of nitrogen functional groups attached to an aromatic ring is 1. The summed E-state index contributed by atoms with van der Waals surface area (Å²) in [6.45, 7) is 1.39. The first kappa shape index (κ1) is 17.0. The van der Waals surface area contributed by atoms with E-state index in [9.17, 15) is 14.4 Å². The standard InChI is InChI=1S/C14H17N5O3.ClH/c1-14(8-2-3-8)12(21)19(13(22)18-14)7-11(20)17-9-4-5-10(15)16-6-9;/h4-6,8H,2-3,7H2,1H3,(H2,15,16)(H,17,20)(H,18,22);1H. The van der Waals surface area contributed by atoms with Crippen LogP contribution in [0, 0.1) is 5.92 Å². The summed E-state index contributed by atoms with van der Waals surface area (Å²) in [6, 6.07) is 2.62. The van der Waals surface area contributed by atoms with Crippen molar-refractivity contribution in [2.24, 2.45) is 5.92 Å². The lowest BCUT2D eigenvalue weighted by Gasteiger charge is -2.20. The summed E-state index contributed by atoms with van der Waals surface area (Å²) in [5, 5.41) is 5.28. The van der Waals surface area contributed by atoms with Crippen molar-refractivity contribution in [1.82, 2.24) is 15.2 Å². The molecule has 2 aliphatic rings. The fraction of sp³-hybridized carbons (Fsp3) is 0.429. The molecule has 0 spiro atoms. The maximum absolute atomic E-state index is 12.4. The van der Waals surface area contributed by atoms with Crippen LogP contribution in [0.1, 0.15) is 19.8 Å². The summed E-state index contributed by atoms with van der Waals surface area (Å²) in [5.41, 5.74) is 5.04. The molecule has 1 atom stereocenters. The third kappa shape index (κ3) is 3.21. The summed E-state index contributed by atoms with van der Waals surface area (Å²) in [6.07, 6.45) is 3.24. The molecule has 1 aromatic rings. The Morgan fingerprint density at radius 2 is 2.17 bits per heavy atom. The quantitative estimate of drug-likeness (QED) is 0.699. The van der Waals surface area contributed by atoms with Crippen LogP contribution in [0.3, 0.4) is 0 Å². The zero-order valence-electron chi connectivity index (χ0n) is 12.5. The smallest absolute Gasteiger partial charge is 0.325 e. The van der Waals surface area contributed by atoms with E-state index in [0.29, 0.717) is 11.5 Å². The van der Waals surface area contributed by atoms with Crippen molar-refractivity contribution in [2.45, 2.75) is 25.3 Å². The number of aromatic nitrogens is 1. The zero-order chi connectivity index (χ0) is 15.9. The van der Waals surface area contributed by atoms with Gasteiger partial charge in [0, 0.05) is 0 Å². The minimum absolute atomic E-state index is 0. The van der Waals surface area contributed by atoms with Gasteiger partial charge in [-0.05, 0) is 37.8 Å². The van der Waals surface area contributed by atoms with Gasteiger partial charge in [-0.25, -0.2) is 9.78 Å². The summed E-state index contributed by atoms with van der Waals surface area (Å²) in [4.78, 5) is 41.1. The molecule has 3 rings (SSSR count). The van der Waals surface area contributed by atoms with Crippen molar-refractivity contribution in [3.63, 3.8) is 0 Å². The summed E-state index contributed by atoms with van der Waals surface area (Å²) >= 11 is 0. The first-order valence-electron chi connectivity index (χ1n) is 7.05. The van der Waals surface area contributed by atoms with Crippen molar-refractivity contribution in [2.75, 3.05) is 17.6 Å². The van der Waals surface area contributed by atoms with E-state index in [0.717, 1.165) is 17.7 Å². The number of pyridine rings is 1. The number of hydrogen-bond donors (Lipinski definition) is 3. The average molecular weight is 340 g/mol. The van der Waals surface area contributed by atoms with Gasteiger partial charge in [0.2, 0.25) is 5.91 Å². The Morgan fingerprint density at radius 1 is 1.48 bits per heavy atom. The van der Waals surface area contributed by atoms with Gasteiger partial charge in [-0.15, -0.1) is 12.4 Å². The Morgan fingerprint density at radius 3 is 2.74 bits per heavy atom. The van der Waals surface area contributed by atoms with Gasteiger partial charge in [0.25, 0.3) is 5.91 Å². The molecule has 1 aliphatic heterocycles. The predicted molar refractivity (Wildman–Crippen MR) is 85.9 cm³/mol. The number of imide groups is 1. The molecule has 124 valence electrons. The van der Waals surface area contributed by atoms with Crippen LogP contribution in [0.15, 0.2) is 18.3 Å². The Kier molecular flexibility index (Phi) is 4.46. The molecule has 4 amide bonds. The van der Waals surface area contributed by atoms with Gasteiger partial charge in [0.1, 0.15) is 17.9 Å². The minimum atomic E-state index is -0.875. The second-order valence-electron chi connectivity index (χ2n) is 5.82. The summed E-state index contributed by atoms with van der Waals surface area (Å²) in [5.74, 6) is -0.300. The summed E-state index contributed by atoms with van der Waals surface area (Å²) < 4.78 is 0. The van der Waals surface area contributed by atoms with Crippen molar-refractivity contribution >= 4 is 41.8 Å². The van der Waals surface area contributed by atoms with Crippen LogP contribution >= 0.6 is 12.4 Å². The van der Waals surface area contributed by atoms with Crippen molar-refractivity contribution in [1.29, 1.82) is 0 Å². The van der Waals surface area contributed by atoms with Gasteiger partial charge in [-0.1, -0.05) is 0 Å². The van der Waals surface area contributed by atoms with Gasteiger partial charge in [0.05, 0.1) is 11.9 Å². The topological polar surface area (TPSA) is 117 Å². The molecule has 1 saturated carbocycles. The molecule has 2 heterocycles. The van der Waals surface area contributed by atoms with E-state index < -0.39 is 17.5 Å². The van der Waals surface area contributed by atoms with Gasteiger partial charge < -0.3 is 16.4 Å². The van der Waals surface area contributed by atoms with E-state index in [1.165, 1.54) is 6.20 Å². The van der Waals surface area contributed by atoms with Crippen molar-refractivity contribution in [3.05, 3.63) is 18.3 Å². The molecule has 0 aromatic carbocycles. The predicted octanol–water partition coefficient (Wildman–Crippen LogP) is 0.745. The number of nitrogens with one attached hydrogen (secondary N) is 2. The number of rotatable bonds is 4. The first-order chi connectivity index (χ1) is 10.4. The number of anilines is 2. The van der Waals surface area contributed by atoms with Gasteiger partial charge in [-0.3, -0.25) is 14.5 Å². The van der Waals surface area contributed by atoms with Crippen LogP contribution < -0.4 is 16.4 Å². The molecule has 1 aliphatic carbocycles. The lowest BCUT2D eigenvalue weighted by atomic mass is 9.96. The molecule has 0 radical (unpaired) electrons. The van der Waals surface area contributed by atoms with Crippen LogP contribution in [0.25, 0.3) is 0 Å². The van der Waals surface area contributed by atoms with Crippen LogP contribution in [0.4, 0.5) is 16.3 Å². The number of halogens is 1. The highest BCUT2D eigenvalue weighted by Gasteiger charge is 2.56. The number of urea groups is 1. The van der Waals surface area contributed by atoms with Gasteiger partial charge >= 0.3 is 6.03 Å². The number of nitrogens with two attached hydrogens (primary N) is 1. The van der Waals surface area contributed by atoms with Crippen molar-refractivity contribution in [3.8, 4) is 0 Å².